The van der Waals surface area contributed by atoms with Crippen molar-refractivity contribution >= 4 is 11.7 Å². The predicted octanol–water partition coefficient (Wildman–Crippen LogP) is 3.00. The molecule has 114 valence electrons. The molecule has 1 aliphatic heterocycles. The minimum Gasteiger partial charge on any atom is -0.503 e. The summed E-state index contributed by atoms with van der Waals surface area (Å²) in [5, 5.41) is 10.2. The Labute approximate surface area is 124 Å². The van der Waals surface area contributed by atoms with E-state index in [4.69, 9.17) is 4.42 Å². The van der Waals surface area contributed by atoms with Gasteiger partial charge in [-0.25, -0.2) is 0 Å². The van der Waals surface area contributed by atoms with Crippen molar-refractivity contribution in [2.75, 3.05) is 6.54 Å². The van der Waals surface area contributed by atoms with Gasteiger partial charge in [0.15, 0.2) is 11.5 Å². The molecule has 21 heavy (non-hydrogen) atoms. The first-order chi connectivity index (χ1) is 9.79. The second-order valence-electron chi connectivity index (χ2n) is 6.26. The molecule has 2 heterocycles. The van der Waals surface area contributed by atoms with E-state index in [1.165, 1.54) is 11.2 Å². The van der Waals surface area contributed by atoms with Crippen LogP contribution in [0.15, 0.2) is 34.1 Å². The van der Waals surface area contributed by atoms with Crippen molar-refractivity contribution < 1.29 is 19.1 Å². The van der Waals surface area contributed by atoms with Crippen LogP contribution in [0.1, 0.15) is 45.9 Å². The second-order valence-corrected chi connectivity index (χ2v) is 6.26. The van der Waals surface area contributed by atoms with Gasteiger partial charge in [0.25, 0.3) is 5.91 Å². The van der Waals surface area contributed by atoms with Gasteiger partial charge in [0, 0.05) is 12.0 Å². The van der Waals surface area contributed by atoms with Crippen LogP contribution in [-0.2, 0) is 9.59 Å². The topological polar surface area (TPSA) is 70.8 Å². The SMILES string of the molecule is CCCN1C(=O)C(O)=C(C(=O)C(C)(C)C)C1c1ccco1. The summed E-state index contributed by atoms with van der Waals surface area (Å²) in [7, 11) is 0. The molecule has 0 fully saturated rings. The van der Waals surface area contributed by atoms with Crippen molar-refractivity contribution in [2.24, 2.45) is 5.41 Å². The van der Waals surface area contributed by atoms with Crippen LogP contribution in [-0.4, -0.2) is 28.2 Å². The monoisotopic (exact) mass is 291 g/mol. The van der Waals surface area contributed by atoms with Crippen LogP contribution in [0.3, 0.4) is 0 Å². The maximum atomic E-state index is 12.6. The van der Waals surface area contributed by atoms with E-state index >= 15 is 0 Å². The number of nitrogens with zero attached hydrogens (tertiary/aromatic N) is 1. The summed E-state index contributed by atoms with van der Waals surface area (Å²) < 4.78 is 5.39. The highest BCUT2D eigenvalue weighted by Crippen LogP contribution is 2.40. The number of carbonyl (C=O) groups is 2. The molecule has 1 aliphatic rings. The third-order valence-corrected chi connectivity index (χ3v) is 3.51. The van der Waals surface area contributed by atoms with Crippen molar-refractivity contribution in [1.29, 1.82) is 0 Å². The van der Waals surface area contributed by atoms with Gasteiger partial charge in [0.05, 0.1) is 11.8 Å². The molecule has 1 amide bonds. The van der Waals surface area contributed by atoms with Crippen LogP contribution in [0, 0.1) is 5.41 Å². The van der Waals surface area contributed by atoms with Crippen LogP contribution in [0.2, 0.25) is 0 Å². The molecule has 0 bridgehead atoms. The zero-order chi connectivity index (χ0) is 15.8. The molecule has 0 saturated carbocycles. The molecular weight excluding hydrogens is 270 g/mol. The Bertz CT molecular complexity index is 578. The first-order valence-corrected chi connectivity index (χ1v) is 7.11. The molecule has 0 aliphatic carbocycles. The molecule has 1 unspecified atom stereocenters. The van der Waals surface area contributed by atoms with Crippen LogP contribution >= 0.6 is 0 Å². The van der Waals surface area contributed by atoms with Gasteiger partial charge in [-0.05, 0) is 18.6 Å². The molecule has 0 saturated heterocycles. The quantitative estimate of drug-likeness (QED) is 0.925. The summed E-state index contributed by atoms with van der Waals surface area (Å²) in [4.78, 5) is 26.4. The van der Waals surface area contributed by atoms with E-state index in [2.05, 4.69) is 0 Å². The second kappa shape index (κ2) is 5.39. The fourth-order valence-corrected chi connectivity index (χ4v) is 2.50. The summed E-state index contributed by atoms with van der Waals surface area (Å²) in [6, 6.07) is 2.78. The van der Waals surface area contributed by atoms with Crippen LogP contribution in [0.4, 0.5) is 0 Å². The summed E-state index contributed by atoms with van der Waals surface area (Å²) in [6.07, 6.45) is 2.23. The third kappa shape index (κ3) is 2.60. The highest BCUT2D eigenvalue weighted by Gasteiger charge is 2.46. The lowest BCUT2D eigenvalue weighted by Crippen LogP contribution is -2.33. The average molecular weight is 291 g/mol. The number of aliphatic hydroxyl groups excluding tert-OH is 1. The molecule has 1 aromatic heterocycles. The maximum Gasteiger partial charge on any atom is 0.290 e. The molecule has 5 heteroatoms. The summed E-state index contributed by atoms with van der Waals surface area (Å²) in [6.45, 7) is 7.69. The molecule has 5 nitrogen and oxygen atoms in total. The number of rotatable bonds is 4. The molecule has 0 spiro atoms. The Morgan fingerprint density at radius 1 is 1.43 bits per heavy atom. The number of Topliss-reactive ketones (excluding diaryl/α,β-unsaturated/α-hetero) is 1. The number of carbonyl (C=O) groups excluding carboxylic acids is 2. The third-order valence-electron chi connectivity index (χ3n) is 3.51. The van der Waals surface area contributed by atoms with E-state index < -0.39 is 23.1 Å². The molecule has 0 radical (unpaired) electrons. The Morgan fingerprint density at radius 2 is 2.10 bits per heavy atom. The Balaban J connectivity index is 2.53. The van der Waals surface area contributed by atoms with E-state index in [0.29, 0.717) is 12.3 Å². The summed E-state index contributed by atoms with van der Waals surface area (Å²) in [5.74, 6) is -0.711. The lowest BCUT2D eigenvalue weighted by Gasteiger charge is -2.26. The van der Waals surface area contributed by atoms with E-state index in [-0.39, 0.29) is 11.4 Å². The van der Waals surface area contributed by atoms with Gasteiger partial charge in [0.2, 0.25) is 0 Å². The van der Waals surface area contributed by atoms with E-state index in [0.717, 1.165) is 6.42 Å². The summed E-state index contributed by atoms with van der Waals surface area (Å²) in [5.41, 5.74) is -0.549. The van der Waals surface area contributed by atoms with Gasteiger partial charge in [0.1, 0.15) is 11.8 Å². The highest BCUT2D eigenvalue weighted by atomic mass is 16.3. The lowest BCUT2D eigenvalue weighted by molar-refractivity contribution is -0.129. The highest BCUT2D eigenvalue weighted by molar-refractivity contribution is 6.10. The molecule has 1 N–H and O–H groups in total. The van der Waals surface area contributed by atoms with Crippen molar-refractivity contribution in [3.8, 4) is 0 Å². The normalized spacial score (nSPS) is 19.5. The fourth-order valence-electron chi connectivity index (χ4n) is 2.50. The van der Waals surface area contributed by atoms with Crippen molar-refractivity contribution in [3.63, 3.8) is 0 Å². The van der Waals surface area contributed by atoms with Gasteiger partial charge >= 0.3 is 0 Å². The van der Waals surface area contributed by atoms with Crippen LogP contribution in [0.5, 0.6) is 0 Å². The van der Waals surface area contributed by atoms with E-state index in [1.807, 2.05) is 6.92 Å². The Morgan fingerprint density at radius 3 is 2.57 bits per heavy atom. The van der Waals surface area contributed by atoms with Crippen molar-refractivity contribution in [2.45, 2.75) is 40.2 Å². The minimum atomic E-state index is -0.684. The standard InChI is InChI=1S/C16H21NO4/c1-5-8-17-12(10-7-6-9-21-10)11(13(18)15(17)20)14(19)16(2,3)4/h6-7,9,12,18H,5,8H2,1-4H3. The summed E-state index contributed by atoms with van der Waals surface area (Å²) >= 11 is 0. The number of amides is 1. The van der Waals surface area contributed by atoms with Crippen LogP contribution in [0.25, 0.3) is 0 Å². The Hall–Kier alpha value is -2.04. The smallest absolute Gasteiger partial charge is 0.290 e. The number of furan rings is 1. The minimum absolute atomic E-state index is 0.135. The number of ketones is 1. The van der Waals surface area contributed by atoms with Crippen molar-refractivity contribution in [1.82, 2.24) is 4.90 Å². The van der Waals surface area contributed by atoms with E-state index in [1.54, 1.807) is 32.9 Å². The van der Waals surface area contributed by atoms with Crippen LogP contribution < -0.4 is 0 Å². The molecule has 0 aromatic carbocycles. The largest absolute Gasteiger partial charge is 0.503 e. The van der Waals surface area contributed by atoms with Gasteiger partial charge in [-0.2, -0.15) is 0 Å². The first-order valence-electron chi connectivity index (χ1n) is 7.11. The molecule has 1 atom stereocenters. The van der Waals surface area contributed by atoms with Crippen molar-refractivity contribution in [3.05, 3.63) is 35.5 Å². The average Bonchev–Trinajstić information content (AvgIpc) is 2.99. The number of hydrogen-bond donors (Lipinski definition) is 1. The number of hydrogen-bond acceptors (Lipinski definition) is 4. The van der Waals surface area contributed by atoms with Gasteiger partial charge < -0.3 is 14.4 Å². The maximum absolute atomic E-state index is 12.6. The van der Waals surface area contributed by atoms with Gasteiger partial charge in [-0.1, -0.05) is 27.7 Å². The van der Waals surface area contributed by atoms with Gasteiger partial charge in [-0.3, -0.25) is 9.59 Å². The Kier molecular flexibility index (Phi) is 3.94. The lowest BCUT2D eigenvalue weighted by atomic mass is 9.83. The van der Waals surface area contributed by atoms with Gasteiger partial charge in [-0.15, -0.1) is 0 Å². The fraction of sp³-hybridized carbons (Fsp3) is 0.500. The molecular formula is C16H21NO4. The number of aliphatic hydroxyl groups is 1. The zero-order valence-electron chi connectivity index (χ0n) is 12.8. The first kappa shape index (κ1) is 15.4. The molecule has 2 rings (SSSR count). The predicted molar refractivity (Wildman–Crippen MR) is 77.6 cm³/mol. The zero-order valence-corrected chi connectivity index (χ0v) is 12.8. The van der Waals surface area contributed by atoms with E-state index in [9.17, 15) is 14.7 Å². The molecule has 1 aromatic rings.